The molecule has 1 fully saturated rings. The van der Waals surface area contributed by atoms with Crippen LogP contribution in [-0.2, 0) is 9.53 Å². The first-order chi connectivity index (χ1) is 6.97. The summed E-state index contributed by atoms with van der Waals surface area (Å²) in [5, 5.41) is 36.8. The van der Waals surface area contributed by atoms with E-state index in [1.165, 1.54) is 0 Å². The van der Waals surface area contributed by atoms with Gasteiger partial charge < -0.3 is 30.9 Å². The van der Waals surface area contributed by atoms with Gasteiger partial charge in [0.05, 0.1) is 18.6 Å². The van der Waals surface area contributed by atoms with E-state index in [9.17, 15) is 20.1 Å². The molecule has 15 heavy (non-hydrogen) atoms. The van der Waals surface area contributed by atoms with Crippen LogP contribution in [0.2, 0.25) is 0 Å². The summed E-state index contributed by atoms with van der Waals surface area (Å²) in [6, 6.07) is 0. The first-order valence-electron chi connectivity index (χ1n) is 4.59. The summed E-state index contributed by atoms with van der Waals surface area (Å²) in [7, 11) is 0. The number of carboxylic acid groups (broad SMARTS) is 1. The highest BCUT2D eigenvalue weighted by atomic mass is 16.5. The zero-order chi connectivity index (χ0) is 11.6. The van der Waals surface area contributed by atoms with Crippen molar-refractivity contribution >= 4 is 5.97 Å². The Bertz CT molecular complexity index is 233. The minimum Gasteiger partial charge on any atom is -0.481 e. The van der Waals surface area contributed by atoms with Crippen molar-refractivity contribution < 1.29 is 30.0 Å². The number of ether oxygens (including phenoxy) is 1. The molecule has 7 heteroatoms. The Hall–Kier alpha value is -0.730. The molecule has 0 spiro atoms. The number of nitrogens with two attached hydrogens (primary N) is 1. The van der Waals surface area contributed by atoms with Gasteiger partial charge in [0.2, 0.25) is 0 Å². The van der Waals surface area contributed by atoms with Crippen molar-refractivity contribution in [1.29, 1.82) is 0 Å². The van der Waals surface area contributed by atoms with E-state index >= 15 is 0 Å². The van der Waals surface area contributed by atoms with Gasteiger partial charge in [-0.25, -0.2) is 0 Å². The van der Waals surface area contributed by atoms with E-state index in [0.29, 0.717) is 0 Å². The minimum atomic E-state index is -1.43. The summed E-state index contributed by atoms with van der Waals surface area (Å²) < 4.78 is 5.08. The number of aliphatic hydroxyl groups is 3. The number of hydrogen-bond acceptors (Lipinski definition) is 6. The van der Waals surface area contributed by atoms with Gasteiger partial charge in [-0.15, -0.1) is 0 Å². The Labute approximate surface area is 86.1 Å². The molecule has 1 aliphatic heterocycles. The second-order valence-corrected chi connectivity index (χ2v) is 3.52. The first kappa shape index (κ1) is 12.3. The van der Waals surface area contributed by atoms with Crippen molar-refractivity contribution in [2.75, 3.05) is 6.54 Å². The molecule has 1 unspecified atom stereocenters. The normalized spacial score (nSPS) is 41.5. The van der Waals surface area contributed by atoms with Crippen molar-refractivity contribution in [3.8, 4) is 0 Å². The van der Waals surface area contributed by atoms with Crippen molar-refractivity contribution in [2.45, 2.75) is 36.9 Å². The lowest BCUT2D eigenvalue weighted by Gasteiger charge is -2.39. The summed E-state index contributed by atoms with van der Waals surface area (Å²) in [4.78, 5) is 10.4. The molecule has 0 saturated carbocycles. The molecule has 5 atom stereocenters. The second kappa shape index (κ2) is 4.86. The fourth-order valence-corrected chi connectivity index (χ4v) is 1.56. The Balaban J connectivity index is 2.69. The highest BCUT2D eigenvalue weighted by Crippen LogP contribution is 2.22. The molecule has 1 rings (SSSR count). The van der Waals surface area contributed by atoms with Gasteiger partial charge in [0.25, 0.3) is 0 Å². The number of rotatable bonds is 3. The molecule has 7 nitrogen and oxygen atoms in total. The molecule has 0 aromatic rings. The van der Waals surface area contributed by atoms with Gasteiger partial charge in [0.15, 0.2) is 0 Å². The van der Waals surface area contributed by atoms with E-state index in [0.717, 1.165) is 0 Å². The lowest BCUT2D eigenvalue weighted by atomic mass is 9.93. The predicted octanol–water partition coefficient (Wildman–Crippen LogP) is -2.73. The zero-order valence-corrected chi connectivity index (χ0v) is 7.98. The van der Waals surface area contributed by atoms with Crippen molar-refractivity contribution in [1.82, 2.24) is 0 Å². The van der Waals surface area contributed by atoms with Crippen molar-refractivity contribution in [3.05, 3.63) is 0 Å². The predicted molar refractivity (Wildman–Crippen MR) is 48.0 cm³/mol. The van der Waals surface area contributed by atoms with Gasteiger partial charge in [-0.3, -0.25) is 4.79 Å². The number of carboxylic acids is 1. The number of aliphatic hydroxyl groups excluding tert-OH is 3. The van der Waals surface area contributed by atoms with Gasteiger partial charge in [-0.2, -0.15) is 0 Å². The summed E-state index contributed by atoms with van der Waals surface area (Å²) in [6.07, 6.45) is -6.49. The summed E-state index contributed by atoms with van der Waals surface area (Å²) in [5.41, 5.74) is 5.27. The Morgan fingerprint density at radius 2 is 1.67 bits per heavy atom. The number of hydrogen-bond donors (Lipinski definition) is 5. The minimum absolute atomic E-state index is 0.0545. The standard InChI is InChI=1S/C8H15NO6/c9-2-4-7(13)8(14)6(12)3(15-4)1-5(10)11/h3-4,6-8,12-14H,1-2,9H2,(H,10,11)/t3?,4-,6+,7-,8-/m1/s1. The van der Waals surface area contributed by atoms with Crippen LogP contribution >= 0.6 is 0 Å². The van der Waals surface area contributed by atoms with Gasteiger partial charge in [-0.1, -0.05) is 0 Å². The average molecular weight is 221 g/mol. The molecule has 0 radical (unpaired) electrons. The molecular weight excluding hydrogens is 206 g/mol. The molecule has 0 aliphatic carbocycles. The Kier molecular flexibility index (Phi) is 4.00. The highest BCUT2D eigenvalue weighted by molar-refractivity contribution is 5.67. The van der Waals surface area contributed by atoms with Crippen LogP contribution in [0.4, 0.5) is 0 Å². The topological polar surface area (TPSA) is 133 Å². The van der Waals surface area contributed by atoms with Crippen LogP contribution in [-0.4, -0.2) is 63.5 Å². The van der Waals surface area contributed by atoms with Crippen LogP contribution in [0.15, 0.2) is 0 Å². The van der Waals surface area contributed by atoms with E-state index in [1.54, 1.807) is 0 Å². The average Bonchev–Trinajstić information content (AvgIpc) is 2.18. The van der Waals surface area contributed by atoms with E-state index < -0.39 is 42.9 Å². The second-order valence-electron chi connectivity index (χ2n) is 3.52. The smallest absolute Gasteiger partial charge is 0.306 e. The van der Waals surface area contributed by atoms with Crippen LogP contribution in [0.1, 0.15) is 6.42 Å². The zero-order valence-electron chi connectivity index (χ0n) is 7.98. The third-order valence-electron chi connectivity index (χ3n) is 2.42. The van der Waals surface area contributed by atoms with Gasteiger partial charge >= 0.3 is 5.97 Å². The SMILES string of the molecule is NC[C@H]1OC(CC(=O)O)[C@H](O)[C@@H](O)[C@@H]1O. The van der Waals surface area contributed by atoms with Crippen molar-refractivity contribution in [2.24, 2.45) is 5.73 Å². The third kappa shape index (κ3) is 2.64. The van der Waals surface area contributed by atoms with Crippen LogP contribution in [0.5, 0.6) is 0 Å². The van der Waals surface area contributed by atoms with Crippen LogP contribution in [0.25, 0.3) is 0 Å². The van der Waals surface area contributed by atoms with Gasteiger partial charge in [-0.05, 0) is 0 Å². The molecule has 6 N–H and O–H groups in total. The number of aliphatic carboxylic acids is 1. The maximum Gasteiger partial charge on any atom is 0.306 e. The Morgan fingerprint density at radius 3 is 2.13 bits per heavy atom. The van der Waals surface area contributed by atoms with E-state index in [4.69, 9.17) is 15.6 Å². The summed E-state index contributed by atoms with van der Waals surface area (Å²) in [5.74, 6) is -1.15. The molecule has 0 aromatic heterocycles. The van der Waals surface area contributed by atoms with Gasteiger partial charge in [0.1, 0.15) is 18.3 Å². The first-order valence-corrected chi connectivity index (χ1v) is 4.59. The molecule has 1 aliphatic rings. The lowest BCUT2D eigenvalue weighted by molar-refractivity contribution is -0.221. The Morgan fingerprint density at radius 1 is 1.13 bits per heavy atom. The molecular formula is C8H15NO6. The molecule has 88 valence electrons. The fraction of sp³-hybridized carbons (Fsp3) is 0.875. The maximum absolute atomic E-state index is 10.4. The molecule has 1 saturated heterocycles. The van der Waals surface area contributed by atoms with Gasteiger partial charge in [0, 0.05) is 6.54 Å². The summed E-state index contributed by atoms with van der Waals surface area (Å²) in [6.45, 7) is -0.0545. The molecule has 0 bridgehead atoms. The van der Waals surface area contributed by atoms with Crippen molar-refractivity contribution in [3.63, 3.8) is 0 Å². The largest absolute Gasteiger partial charge is 0.481 e. The number of carbonyl (C=O) groups is 1. The maximum atomic E-state index is 10.4. The van der Waals surface area contributed by atoms with E-state index in [-0.39, 0.29) is 6.54 Å². The van der Waals surface area contributed by atoms with E-state index in [1.807, 2.05) is 0 Å². The molecule has 0 aromatic carbocycles. The van der Waals surface area contributed by atoms with E-state index in [2.05, 4.69) is 0 Å². The fourth-order valence-electron chi connectivity index (χ4n) is 1.56. The molecule has 1 heterocycles. The monoisotopic (exact) mass is 221 g/mol. The van der Waals surface area contributed by atoms with Crippen LogP contribution in [0.3, 0.4) is 0 Å². The quantitative estimate of drug-likeness (QED) is 0.349. The molecule has 0 amide bonds. The third-order valence-corrected chi connectivity index (χ3v) is 2.42. The highest BCUT2D eigenvalue weighted by Gasteiger charge is 2.43. The summed E-state index contributed by atoms with van der Waals surface area (Å²) >= 11 is 0. The van der Waals surface area contributed by atoms with Crippen LogP contribution in [0, 0.1) is 0 Å². The lowest BCUT2D eigenvalue weighted by Crippen LogP contribution is -2.59. The van der Waals surface area contributed by atoms with Crippen LogP contribution < -0.4 is 5.73 Å².